The molecule has 2 heterocycles. The summed E-state index contributed by atoms with van der Waals surface area (Å²) in [7, 11) is 3.40. The number of morpholine rings is 1. The largest absolute Gasteiger partial charge is 0.497 e. The lowest BCUT2D eigenvalue weighted by Gasteiger charge is -2.26. The van der Waals surface area contributed by atoms with Crippen LogP contribution < -0.4 is 14.8 Å². The zero-order valence-corrected chi connectivity index (χ0v) is 17.8. The van der Waals surface area contributed by atoms with Gasteiger partial charge in [0.1, 0.15) is 11.5 Å². The first-order chi connectivity index (χ1) is 14.2. The SMILES string of the molecule is COc1ccc(CNc2nc3ccc(OC)cc3s2)c(CCN2CCOCC2)c1. The van der Waals surface area contributed by atoms with Gasteiger partial charge in [0.15, 0.2) is 5.13 Å². The van der Waals surface area contributed by atoms with Crippen LogP contribution in [0.5, 0.6) is 11.5 Å². The Morgan fingerprint density at radius 3 is 2.59 bits per heavy atom. The van der Waals surface area contributed by atoms with E-state index in [1.54, 1.807) is 25.6 Å². The van der Waals surface area contributed by atoms with Gasteiger partial charge < -0.3 is 19.5 Å². The Morgan fingerprint density at radius 2 is 1.79 bits per heavy atom. The highest BCUT2D eigenvalue weighted by atomic mass is 32.1. The average molecular weight is 414 g/mol. The number of ether oxygens (including phenoxy) is 3. The number of thiazole rings is 1. The van der Waals surface area contributed by atoms with Crippen molar-refractivity contribution in [1.29, 1.82) is 0 Å². The van der Waals surface area contributed by atoms with Crippen LogP contribution in [0.3, 0.4) is 0 Å². The maximum Gasteiger partial charge on any atom is 0.184 e. The van der Waals surface area contributed by atoms with Crippen LogP contribution in [-0.2, 0) is 17.7 Å². The number of hydrogen-bond acceptors (Lipinski definition) is 7. The predicted octanol–water partition coefficient (Wildman–Crippen LogP) is 3.80. The molecule has 1 aliphatic rings. The first-order valence-electron chi connectivity index (χ1n) is 9.89. The molecule has 4 rings (SSSR count). The predicted molar refractivity (Wildman–Crippen MR) is 117 cm³/mol. The fourth-order valence-electron chi connectivity index (χ4n) is 3.52. The summed E-state index contributed by atoms with van der Waals surface area (Å²) in [5.41, 5.74) is 3.57. The summed E-state index contributed by atoms with van der Waals surface area (Å²) in [6.07, 6.45) is 0.991. The number of nitrogens with one attached hydrogen (secondary N) is 1. The molecular formula is C22H27N3O3S. The van der Waals surface area contributed by atoms with Crippen molar-refractivity contribution in [3.63, 3.8) is 0 Å². The fraction of sp³-hybridized carbons (Fsp3) is 0.409. The molecule has 1 saturated heterocycles. The average Bonchev–Trinajstić information content (AvgIpc) is 3.19. The van der Waals surface area contributed by atoms with E-state index in [1.807, 2.05) is 24.3 Å². The number of anilines is 1. The lowest BCUT2D eigenvalue weighted by atomic mass is 10.0. The summed E-state index contributed by atoms with van der Waals surface area (Å²) >= 11 is 1.65. The molecule has 1 N–H and O–H groups in total. The number of nitrogens with zero attached hydrogens (tertiary/aromatic N) is 2. The van der Waals surface area contributed by atoms with Gasteiger partial charge in [0.2, 0.25) is 0 Å². The molecule has 0 unspecified atom stereocenters. The van der Waals surface area contributed by atoms with Crippen molar-refractivity contribution < 1.29 is 14.2 Å². The van der Waals surface area contributed by atoms with Gasteiger partial charge in [-0.05, 0) is 47.9 Å². The number of methoxy groups -OCH3 is 2. The van der Waals surface area contributed by atoms with E-state index in [9.17, 15) is 0 Å². The maximum absolute atomic E-state index is 5.45. The minimum absolute atomic E-state index is 0.736. The molecule has 154 valence electrons. The molecule has 0 saturated carbocycles. The molecule has 6 nitrogen and oxygen atoms in total. The minimum atomic E-state index is 0.736. The van der Waals surface area contributed by atoms with E-state index < -0.39 is 0 Å². The number of fused-ring (bicyclic) bond motifs is 1. The van der Waals surface area contributed by atoms with Crippen molar-refractivity contribution in [1.82, 2.24) is 9.88 Å². The van der Waals surface area contributed by atoms with Gasteiger partial charge in [0, 0.05) is 26.2 Å². The summed E-state index contributed by atoms with van der Waals surface area (Å²) in [6, 6.07) is 12.3. The molecule has 1 aliphatic heterocycles. The Labute approximate surface area is 175 Å². The number of aromatic nitrogens is 1. The summed E-state index contributed by atoms with van der Waals surface area (Å²) in [6.45, 7) is 5.44. The van der Waals surface area contributed by atoms with Gasteiger partial charge in [-0.25, -0.2) is 4.98 Å². The molecule has 0 spiro atoms. The van der Waals surface area contributed by atoms with Crippen LogP contribution in [0.25, 0.3) is 10.2 Å². The van der Waals surface area contributed by atoms with Gasteiger partial charge >= 0.3 is 0 Å². The van der Waals surface area contributed by atoms with Crippen LogP contribution in [0.1, 0.15) is 11.1 Å². The maximum atomic E-state index is 5.45. The van der Waals surface area contributed by atoms with E-state index in [-0.39, 0.29) is 0 Å². The van der Waals surface area contributed by atoms with E-state index in [0.29, 0.717) is 0 Å². The Kier molecular flexibility index (Phi) is 6.49. The third-order valence-corrected chi connectivity index (χ3v) is 6.22. The molecule has 0 aliphatic carbocycles. The van der Waals surface area contributed by atoms with Crippen molar-refractivity contribution in [2.24, 2.45) is 0 Å². The molecule has 2 aromatic carbocycles. The van der Waals surface area contributed by atoms with Crippen LogP contribution in [0.15, 0.2) is 36.4 Å². The Balaban J connectivity index is 1.45. The van der Waals surface area contributed by atoms with Gasteiger partial charge in [0.05, 0.1) is 37.6 Å². The lowest BCUT2D eigenvalue weighted by Crippen LogP contribution is -2.37. The van der Waals surface area contributed by atoms with Crippen LogP contribution >= 0.6 is 11.3 Å². The molecule has 1 fully saturated rings. The third-order valence-electron chi connectivity index (χ3n) is 5.24. The van der Waals surface area contributed by atoms with Crippen molar-refractivity contribution in [3.8, 4) is 11.5 Å². The Bertz CT molecular complexity index is 954. The van der Waals surface area contributed by atoms with Crippen LogP contribution in [0.4, 0.5) is 5.13 Å². The quantitative estimate of drug-likeness (QED) is 0.606. The summed E-state index contributed by atoms with van der Waals surface area (Å²) in [5.74, 6) is 1.76. The summed E-state index contributed by atoms with van der Waals surface area (Å²) < 4.78 is 17.3. The summed E-state index contributed by atoms with van der Waals surface area (Å²) in [4.78, 5) is 7.15. The van der Waals surface area contributed by atoms with Gasteiger partial charge in [-0.2, -0.15) is 0 Å². The van der Waals surface area contributed by atoms with Gasteiger partial charge in [0.25, 0.3) is 0 Å². The van der Waals surface area contributed by atoms with Crippen LogP contribution in [0.2, 0.25) is 0 Å². The number of benzene rings is 2. The van der Waals surface area contributed by atoms with E-state index >= 15 is 0 Å². The van der Waals surface area contributed by atoms with Crippen LogP contribution in [-0.4, -0.2) is 57.0 Å². The molecule has 7 heteroatoms. The van der Waals surface area contributed by atoms with E-state index in [4.69, 9.17) is 19.2 Å². The first-order valence-corrected chi connectivity index (χ1v) is 10.7. The standard InChI is InChI=1S/C22H27N3O3S/c1-26-18-4-3-17(16(13-18)7-8-25-9-11-28-12-10-25)15-23-22-24-20-6-5-19(27-2)14-21(20)29-22/h3-6,13-14H,7-12,15H2,1-2H3,(H,23,24). The topological polar surface area (TPSA) is 55.8 Å². The second-order valence-corrected chi connectivity index (χ2v) is 8.08. The third kappa shape index (κ3) is 4.98. The zero-order chi connectivity index (χ0) is 20.1. The van der Waals surface area contributed by atoms with Crippen molar-refractivity contribution in [3.05, 3.63) is 47.5 Å². The Morgan fingerprint density at radius 1 is 1.03 bits per heavy atom. The minimum Gasteiger partial charge on any atom is -0.497 e. The first kappa shape index (κ1) is 19.9. The molecule has 3 aromatic rings. The normalized spacial score (nSPS) is 14.8. The van der Waals surface area contributed by atoms with E-state index in [0.717, 1.165) is 72.7 Å². The Hall–Kier alpha value is -2.35. The van der Waals surface area contributed by atoms with E-state index in [1.165, 1.54) is 11.1 Å². The second-order valence-electron chi connectivity index (χ2n) is 7.04. The second kappa shape index (κ2) is 9.43. The molecule has 29 heavy (non-hydrogen) atoms. The van der Waals surface area contributed by atoms with Crippen molar-refractivity contribution in [2.75, 3.05) is 52.4 Å². The highest BCUT2D eigenvalue weighted by Gasteiger charge is 2.13. The van der Waals surface area contributed by atoms with Crippen molar-refractivity contribution >= 4 is 26.7 Å². The molecule has 0 bridgehead atoms. The van der Waals surface area contributed by atoms with E-state index in [2.05, 4.69) is 22.3 Å². The monoisotopic (exact) mass is 413 g/mol. The number of hydrogen-bond donors (Lipinski definition) is 1. The van der Waals surface area contributed by atoms with Gasteiger partial charge in [-0.3, -0.25) is 4.90 Å². The zero-order valence-electron chi connectivity index (χ0n) is 16.9. The molecule has 1 aromatic heterocycles. The van der Waals surface area contributed by atoms with Crippen molar-refractivity contribution in [2.45, 2.75) is 13.0 Å². The number of rotatable bonds is 8. The molecule has 0 radical (unpaired) electrons. The highest BCUT2D eigenvalue weighted by Crippen LogP contribution is 2.30. The smallest absolute Gasteiger partial charge is 0.184 e. The fourth-order valence-corrected chi connectivity index (χ4v) is 4.41. The van der Waals surface area contributed by atoms with Gasteiger partial charge in [-0.1, -0.05) is 17.4 Å². The lowest BCUT2D eigenvalue weighted by molar-refractivity contribution is 0.0384. The highest BCUT2D eigenvalue weighted by molar-refractivity contribution is 7.22. The summed E-state index contributed by atoms with van der Waals surface area (Å²) in [5, 5.41) is 4.42. The molecule has 0 atom stereocenters. The molecule has 0 amide bonds. The molecular weight excluding hydrogens is 386 g/mol. The van der Waals surface area contributed by atoms with Gasteiger partial charge in [-0.15, -0.1) is 0 Å². The van der Waals surface area contributed by atoms with Crippen LogP contribution in [0, 0.1) is 0 Å².